The Morgan fingerprint density at radius 2 is 0.857 bits per heavy atom. The van der Waals surface area contributed by atoms with Crippen molar-refractivity contribution in [2.24, 2.45) is 0 Å². The minimum absolute atomic E-state index is 0. The second kappa shape index (κ2) is 5.24. The smallest absolute Gasteiger partial charge is 0.894 e. The summed E-state index contributed by atoms with van der Waals surface area (Å²) < 4.78 is 0. The third-order valence-corrected chi connectivity index (χ3v) is 0. The predicted molar refractivity (Wildman–Crippen MR) is 5.75 cm³/mol. The molecule has 46 valence electrons. The SMILES string of the molecule is [Cu+2].[Mn+2].[O-][Si]([O-])([O-])[O-]. The molecule has 0 aromatic heterocycles. The van der Waals surface area contributed by atoms with Crippen LogP contribution in [0.4, 0.5) is 0 Å². The molecule has 0 spiro atoms. The molecule has 0 unspecified atom stereocenters. The van der Waals surface area contributed by atoms with Gasteiger partial charge in [-0.25, -0.2) is 0 Å². The summed E-state index contributed by atoms with van der Waals surface area (Å²) in [5.41, 5.74) is 0. The Hall–Kier alpha value is 1.10. The summed E-state index contributed by atoms with van der Waals surface area (Å²) in [6.45, 7) is 0. The van der Waals surface area contributed by atoms with Gasteiger partial charge in [0.1, 0.15) is 0 Å². The van der Waals surface area contributed by atoms with E-state index < -0.39 is 9.05 Å². The minimum Gasteiger partial charge on any atom is -0.894 e. The van der Waals surface area contributed by atoms with Crippen molar-refractivity contribution in [3.63, 3.8) is 0 Å². The molecule has 0 fully saturated rings. The third-order valence-electron chi connectivity index (χ3n) is 0. The monoisotopic (exact) mass is 210 g/mol. The maximum absolute atomic E-state index is 8.58. The van der Waals surface area contributed by atoms with Gasteiger partial charge in [0.2, 0.25) is 0 Å². The summed E-state index contributed by atoms with van der Waals surface area (Å²) in [5.74, 6) is 0. The molecule has 2 radical (unpaired) electrons. The van der Waals surface area contributed by atoms with Gasteiger partial charge in [0.05, 0.1) is 0 Å². The number of hydrogen-bond donors (Lipinski definition) is 0. The molecular formula is CuMnO4Si. The van der Waals surface area contributed by atoms with Crippen molar-refractivity contribution in [2.45, 2.75) is 0 Å². The van der Waals surface area contributed by atoms with E-state index in [-0.39, 0.29) is 34.1 Å². The van der Waals surface area contributed by atoms with E-state index in [1.54, 1.807) is 0 Å². The van der Waals surface area contributed by atoms with E-state index in [1.807, 2.05) is 0 Å². The molecule has 0 N–H and O–H groups in total. The average Bonchev–Trinajstić information content (AvgIpc) is 0.722. The molecule has 7 heteroatoms. The van der Waals surface area contributed by atoms with Crippen molar-refractivity contribution in [1.82, 2.24) is 0 Å². The molecular weight excluding hydrogens is 211 g/mol. The van der Waals surface area contributed by atoms with Gasteiger partial charge in [-0.05, 0) is 0 Å². The molecule has 0 aromatic rings. The Kier molecular flexibility index (Phi) is 11.7. The van der Waals surface area contributed by atoms with Crippen LogP contribution in [0, 0.1) is 0 Å². The molecule has 0 aliphatic heterocycles. The minimum atomic E-state index is -5.61. The van der Waals surface area contributed by atoms with Crippen LogP contribution in [0.25, 0.3) is 0 Å². The summed E-state index contributed by atoms with van der Waals surface area (Å²) in [6.07, 6.45) is 0. The Morgan fingerprint density at radius 3 is 0.857 bits per heavy atom. The summed E-state index contributed by atoms with van der Waals surface area (Å²) in [6, 6.07) is 0. The molecule has 0 saturated carbocycles. The van der Waals surface area contributed by atoms with Gasteiger partial charge in [-0.2, -0.15) is 0 Å². The predicted octanol–water partition coefficient (Wildman–Crippen LogP) is -5.14. The van der Waals surface area contributed by atoms with Crippen LogP contribution in [-0.2, 0) is 34.1 Å². The maximum Gasteiger partial charge on any atom is 2.00 e. The molecule has 0 aliphatic rings. The van der Waals surface area contributed by atoms with Crippen molar-refractivity contribution >= 4 is 9.05 Å². The standard InChI is InChI=1S/Cu.Mn.O4Si/c;;1-5(2,3)4/q2*+2;-4. The van der Waals surface area contributed by atoms with Crippen molar-refractivity contribution in [3.8, 4) is 0 Å². The van der Waals surface area contributed by atoms with Gasteiger partial charge in [-0.15, -0.1) is 0 Å². The summed E-state index contributed by atoms with van der Waals surface area (Å²) >= 11 is 0. The van der Waals surface area contributed by atoms with Crippen molar-refractivity contribution in [1.29, 1.82) is 0 Å². The third kappa shape index (κ3) is 153. The first-order valence-electron chi connectivity index (χ1n) is 0.816. The maximum atomic E-state index is 8.58. The molecule has 7 heavy (non-hydrogen) atoms. The first kappa shape index (κ1) is 15.7. The van der Waals surface area contributed by atoms with E-state index in [4.69, 9.17) is 19.2 Å². The largest absolute Gasteiger partial charge is 2.00 e. The number of rotatable bonds is 0. The van der Waals surface area contributed by atoms with Crippen LogP contribution in [0.3, 0.4) is 0 Å². The summed E-state index contributed by atoms with van der Waals surface area (Å²) in [4.78, 5) is 34.3. The quantitative estimate of drug-likeness (QED) is 0.374. The van der Waals surface area contributed by atoms with Crippen LogP contribution < -0.4 is 19.2 Å². The zero-order chi connectivity index (χ0) is 4.50. The molecule has 0 rings (SSSR count). The van der Waals surface area contributed by atoms with Crippen molar-refractivity contribution in [3.05, 3.63) is 0 Å². The van der Waals surface area contributed by atoms with Crippen LogP contribution in [0.15, 0.2) is 0 Å². The first-order valence-corrected chi connectivity index (χ1v) is 2.45. The first-order chi connectivity index (χ1) is 2.00. The van der Waals surface area contributed by atoms with E-state index in [0.29, 0.717) is 0 Å². The van der Waals surface area contributed by atoms with Crippen LogP contribution in [0.5, 0.6) is 0 Å². The summed E-state index contributed by atoms with van der Waals surface area (Å²) in [5, 5.41) is 0. The van der Waals surface area contributed by atoms with Gasteiger partial charge in [0, 0.05) is 0 Å². The van der Waals surface area contributed by atoms with Crippen LogP contribution in [0.1, 0.15) is 0 Å². The fraction of sp³-hybridized carbons (Fsp3) is 0. The Bertz CT molecular complexity index is 27.2. The fourth-order valence-corrected chi connectivity index (χ4v) is 0. The molecule has 0 bridgehead atoms. The molecule has 0 aromatic carbocycles. The van der Waals surface area contributed by atoms with E-state index in [9.17, 15) is 0 Å². The molecule has 0 heterocycles. The van der Waals surface area contributed by atoms with Gasteiger partial charge in [-0.1, -0.05) is 0 Å². The van der Waals surface area contributed by atoms with Gasteiger partial charge >= 0.3 is 34.1 Å². The second-order valence-corrected chi connectivity index (χ2v) is 1.50. The average molecular weight is 211 g/mol. The van der Waals surface area contributed by atoms with Gasteiger partial charge in [0.15, 0.2) is 0 Å². The van der Waals surface area contributed by atoms with Gasteiger partial charge in [-0.3, -0.25) is 0 Å². The molecule has 0 aliphatic carbocycles. The topological polar surface area (TPSA) is 92.2 Å². The Morgan fingerprint density at radius 1 is 0.857 bits per heavy atom. The fourth-order valence-electron chi connectivity index (χ4n) is 0. The van der Waals surface area contributed by atoms with Crippen molar-refractivity contribution in [2.75, 3.05) is 0 Å². The zero-order valence-corrected chi connectivity index (χ0v) is 5.93. The van der Waals surface area contributed by atoms with Gasteiger partial charge < -0.3 is 28.2 Å². The normalized spacial score (nSPS) is 8.57. The Labute approximate surface area is 62.6 Å². The van der Waals surface area contributed by atoms with E-state index in [2.05, 4.69) is 0 Å². The van der Waals surface area contributed by atoms with E-state index in [0.717, 1.165) is 0 Å². The number of hydrogen-bond acceptors (Lipinski definition) is 4. The van der Waals surface area contributed by atoms with Gasteiger partial charge in [0.25, 0.3) is 0 Å². The van der Waals surface area contributed by atoms with E-state index >= 15 is 0 Å². The zero-order valence-electron chi connectivity index (χ0n) is 2.81. The molecule has 0 saturated heterocycles. The Balaban J connectivity index is -0.0000000800. The van der Waals surface area contributed by atoms with E-state index in [1.165, 1.54) is 0 Å². The van der Waals surface area contributed by atoms with Crippen LogP contribution in [0.2, 0.25) is 0 Å². The van der Waals surface area contributed by atoms with Crippen LogP contribution >= 0.6 is 0 Å². The van der Waals surface area contributed by atoms with Crippen LogP contribution in [-0.4, -0.2) is 9.05 Å². The molecule has 0 amide bonds. The van der Waals surface area contributed by atoms with Crippen molar-refractivity contribution < 1.29 is 53.3 Å². The molecule has 4 nitrogen and oxygen atoms in total. The molecule has 0 atom stereocenters. The summed E-state index contributed by atoms with van der Waals surface area (Å²) in [7, 11) is -5.61. The second-order valence-electron chi connectivity index (χ2n) is 0.500.